The third-order valence-corrected chi connectivity index (χ3v) is 7.43. The van der Waals surface area contributed by atoms with E-state index >= 15 is 0 Å². The number of anilines is 4. The van der Waals surface area contributed by atoms with Crippen LogP contribution in [0.4, 0.5) is 23.0 Å². The first-order valence-electron chi connectivity index (χ1n) is 12.1. The van der Waals surface area contributed by atoms with E-state index in [2.05, 4.69) is 43.0 Å². The lowest BCUT2D eigenvalue weighted by Gasteiger charge is -2.39. The minimum Gasteiger partial charge on any atom is -0.335 e. The average molecular weight is 439 g/mol. The summed E-state index contributed by atoms with van der Waals surface area (Å²) in [6.45, 7) is 0. The van der Waals surface area contributed by atoms with Crippen LogP contribution in [0.25, 0.3) is 11.0 Å². The zero-order valence-electron chi connectivity index (χ0n) is 18.6. The fourth-order valence-electron chi connectivity index (χ4n) is 5.80. The van der Waals surface area contributed by atoms with Crippen molar-refractivity contribution < 1.29 is 0 Å². The maximum absolute atomic E-state index is 9.58. The molecule has 0 radical (unpaired) electrons. The van der Waals surface area contributed by atoms with Crippen molar-refractivity contribution in [1.29, 1.82) is 10.5 Å². The fraction of sp³-hybridized carbons (Fsp3) is 0.480. The summed E-state index contributed by atoms with van der Waals surface area (Å²) in [7, 11) is 0. The van der Waals surface area contributed by atoms with E-state index in [-0.39, 0.29) is 17.4 Å². The van der Waals surface area contributed by atoms with E-state index in [1.807, 2.05) is 12.4 Å². The summed E-state index contributed by atoms with van der Waals surface area (Å²) < 4.78 is 2.36. The summed E-state index contributed by atoms with van der Waals surface area (Å²) in [4.78, 5) is 16.1. The summed E-state index contributed by atoms with van der Waals surface area (Å²) in [6.07, 6.45) is 14.0. The number of fused-ring (bicyclic) bond motifs is 3. The molecule has 3 aromatic rings. The molecular formula is C25H26N8. The lowest BCUT2D eigenvalue weighted by molar-refractivity contribution is 0.359. The number of benzene rings is 1. The lowest BCUT2D eigenvalue weighted by atomic mass is 9.93. The van der Waals surface area contributed by atoms with E-state index in [1.54, 1.807) is 0 Å². The van der Waals surface area contributed by atoms with Crippen molar-refractivity contribution in [2.75, 3.05) is 10.2 Å². The number of aromatic nitrogens is 4. The average Bonchev–Trinajstić information content (AvgIpc) is 3.29. The zero-order chi connectivity index (χ0) is 22.4. The van der Waals surface area contributed by atoms with Gasteiger partial charge in [0.25, 0.3) is 0 Å². The summed E-state index contributed by atoms with van der Waals surface area (Å²) in [6, 6.07) is 9.19. The highest BCUT2D eigenvalue weighted by Gasteiger charge is 2.34. The molecule has 2 aliphatic carbocycles. The largest absolute Gasteiger partial charge is 0.335 e. The van der Waals surface area contributed by atoms with Crippen LogP contribution >= 0.6 is 0 Å². The molecule has 0 bridgehead atoms. The Morgan fingerprint density at radius 3 is 2.21 bits per heavy atom. The van der Waals surface area contributed by atoms with Crippen LogP contribution in [-0.4, -0.2) is 25.6 Å². The van der Waals surface area contributed by atoms with Gasteiger partial charge in [0.15, 0.2) is 23.0 Å². The topological polar surface area (TPSA) is 106 Å². The molecule has 0 amide bonds. The SMILES string of the molecule is N#Cc1nc2c(nc1C#N)N(C1CCCCC1)c1cc3c(cc1N2)ncn3C1CCCCC1. The molecule has 0 atom stereocenters. The van der Waals surface area contributed by atoms with E-state index in [0.717, 1.165) is 35.2 Å². The van der Waals surface area contributed by atoms with E-state index in [4.69, 9.17) is 4.98 Å². The highest BCUT2D eigenvalue weighted by atomic mass is 15.3. The number of nitrogens with one attached hydrogen (secondary N) is 1. The van der Waals surface area contributed by atoms with Crippen LogP contribution in [0.5, 0.6) is 0 Å². The molecule has 2 fully saturated rings. The molecule has 0 saturated heterocycles. The van der Waals surface area contributed by atoms with Gasteiger partial charge in [-0.2, -0.15) is 10.5 Å². The standard InChI is InChI=1S/C25H26N8/c26-13-20-21(14-27)31-25-24(30-20)29-19-11-18-22(32(15-28-18)16-7-3-1-4-8-16)12-23(19)33(25)17-9-5-2-6-10-17/h11-12,15-17H,1-10H2,(H,29,30). The zero-order valence-corrected chi connectivity index (χ0v) is 18.6. The smallest absolute Gasteiger partial charge is 0.179 e. The highest BCUT2D eigenvalue weighted by molar-refractivity contribution is 5.96. The first kappa shape index (κ1) is 20.0. The van der Waals surface area contributed by atoms with Crippen LogP contribution < -0.4 is 10.2 Å². The van der Waals surface area contributed by atoms with Crippen molar-refractivity contribution in [1.82, 2.24) is 19.5 Å². The van der Waals surface area contributed by atoms with Crippen molar-refractivity contribution in [3.8, 4) is 12.1 Å². The van der Waals surface area contributed by atoms with Crippen LogP contribution in [0.2, 0.25) is 0 Å². The minimum atomic E-state index is 0.0541. The van der Waals surface area contributed by atoms with Crippen molar-refractivity contribution in [3.63, 3.8) is 0 Å². The molecule has 0 unspecified atom stereocenters. The van der Waals surface area contributed by atoms with Gasteiger partial charge in [-0.3, -0.25) is 0 Å². The van der Waals surface area contributed by atoms with Gasteiger partial charge in [-0.15, -0.1) is 0 Å². The number of hydrogen-bond acceptors (Lipinski definition) is 7. The Balaban J connectivity index is 1.52. The summed E-state index contributed by atoms with van der Waals surface area (Å²) in [5.41, 5.74) is 4.23. The fourth-order valence-corrected chi connectivity index (χ4v) is 5.80. The second-order valence-electron chi connectivity index (χ2n) is 9.41. The number of nitrogens with zero attached hydrogens (tertiary/aromatic N) is 7. The Morgan fingerprint density at radius 1 is 0.848 bits per heavy atom. The van der Waals surface area contributed by atoms with Gasteiger partial charge in [0.05, 0.1) is 28.7 Å². The lowest BCUT2D eigenvalue weighted by Crippen LogP contribution is -2.36. The third-order valence-electron chi connectivity index (χ3n) is 7.43. The Hall–Kier alpha value is -3.65. The van der Waals surface area contributed by atoms with Crippen LogP contribution in [0.3, 0.4) is 0 Å². The van der Waals surface area contributed by atoms with Gasteiger partial charge in [0.2, 0.25) is 0 Å². The molecule has 2 saturated carbocycles. The molecule has 2 aromatic heterocycles. The molecule has 1 aliphatic heterocycles. The van der Waals surface area contributed by atoms with Gasteiger partial charge < -0.3 is 14.8 Å². The molecule has 8 heteroatoms. The molecule has 33 heavy (non-hydrogen) atoms. The molecule has 1 aromatic carbocycles. The number of hydrogen-bond donors (Lipinski definition) is 1. The molecule has 0 spiro atoms. The van der Waals surface area contributed by atoms with Crippen LogP contribution in [0.15, 0.2) is 18.5 Å². The molecule has 166 valence electrons. The first-order chi connectivity index (χ1) is 16.3. The van der Waals surface area contributed by atoms with Gasteiger partial charge in [-0.05, 0) is 37.8 Å². The summed E-state index contributed by atoms with van der Waals surface area (Å²) in [5.74, 6) is 1.18. The Labute approximate surface area is 192 Å². The van der Waals surface area contributed by atoms with Crippen molar-refractivity contribution >= 4 is 34.0 Å². The van der Waals surface area contributed by atoms with Crippen LogP contribution in [-0.2, 0) is 0 Å². The molecule has 3 aliphatic rings. The Bertz CT molecular complexity index is 1300. The predicted octanol–water partition coefficient (Wildman–Crippen LogP) is 5.60. The van der Waals surface area contributed by atoms with Crippen molar-refractivity contribution in [3.05, 3.63) is 29.8 Å². The highest BCUT2D eigenvalue weighted by Crippen LogP contribution is 2.47. The van der Waals surface area contributed by atoms with Crippen LogP contribution in [0.1, 0.15) is 81.6 Å². The van der Waals surface area contributed by atoms with Crippen molar-refractivity contribution in [2.24, 2.45) is 0 Å². The minimum absolute atomic E-state index is 0.0541. The number of nitriles is 2. The van der Waals surface area contributed by atoms with Gasteiger partial charge in [0.1, 0.15) is 12.1 Å². The molecule has 3 heterocycles. The second-order valence-corrected chi connectivity index (χ2v) is 9.41. The third kappa shape index (κ3) is 3.29. The predicted molar refractivity (Wildman–Crippen MR) is 126 cm³/mol. The molecule has 6 rings (SSSR count). The summed E-state index contributed by atoms with van der Waals surface area (Å²) >= 11 is 0. The second kappa shape index (κ2) is 8.04. The maximum Gasteiger partial charge on any atom is 0.179 e. The van der Waals surface area contributed by atoms with Crippen molar-refractivity contribution in [2.45, 2.75) is 76.3 Å². The number of rotatable bonds is 2. The Morgan fingerprint density at radius 2 is 1.52 bits per heavy atom. The van der Waals surface area contributed by atoms with Gasteiger partial charge in [-0.1, -0.05) is 38.5 Å². The van der Waals surface area contributed by atoms with Gasteiger partial charge in [-0.25, -0.2) is 15.0 Å². The molecule has 8 nitrogen and oxygen atoms in total. The summed E-state index contributed by atoms with van der Waals surface area (Å²) in [5, 5.41) is 22.4. The molecular weight excluding hydrogens is 412 g/mol. The van der Waals surface area contributed by atoms with E-state index in [9.17, 15) is 10.5 Å². The van der Waals surface area contributed by atoms with Gasteiger partial charge >= 0.3 is 0 Å². The normalized spacial score (nSPS) is 18.8. The maximum atomic E-state index is 9.58. The van der Waals surface area contributed by atoms with Gasteiger partial charge in [0, 0.05) is 12.1 Å². The Kier molecular flexibility index (Phi) is 4.87. The van der Waals surface area contributed by atoms with E-state index in [0.29, 0.717) is 17.7 Å². The molecule has 1 N–H and O–H groups in total. The first-order valence-corrected chi connectivity index (χ1v) is 12.1. The monoisotopic (exact) mass is 438 g/mol. The van der Waals surface area contributed by atoms with E-state index < -0.39 is 0 Å². The number of imidazole rings is 1. The quantitative estimate of drug-likeness (QED) is 0.555. The van der Waals surface area contributed by atoms with Crippen LogP contribution in [0, 0.1) is 22.7 Å². The van der Waals surface area contributed by atoms with E-state index in [1.165, 1.54) is 51.4 Å².